The maximum absolute atomic E-state index is 13.2. The molecule has 50 heavy (non-hydrogen) atoms. The number of nitrogens with one attached hydrogen (secondary N) is 2. The summed E-state index contributed by atoms with van der Waals surface area (Å²) in [6.07, 6.45) is 0.547. The molecule has 15 heteroatoms. The Labute approximate surface area is 295 Å². The van der Waals surface area contributed by atoms with E-state index in [4.69, 9.17) is 19.3 Å². The van der Waals surface area contributed by atoms with Crippen molar-refractivity contribution in [2.45, 2.75) is 73.1 Å². The van der Waals surface area contributed by atoms with Crippen LogP contribution in [0.4, 0.5) is 21.9 Å². The minimum atomic E-state index is -4.62. The molecule has 0 aliphatic rings. The van der Waals surface area contributed by atoms with E-state index in [1.807, 2.05) is 56.3 Å². The number of benzene rings is 2. The van der Waals surface area contributed by atoms with Gasteiger partial charge in [-0.15, -0.1) is 0 Å². The average Bonchev–Trinajstić information content (AvgIpc) is 3.01. The van der Waals surface area contributed by atoms with Crippen molar-refractivity contribution in [2.75, 3.05) is 55.6 Å². The van der Waals surface area contributed by atoms with Crippen LogP contribution in [0, 0.1) is 18.8 Å². The molecule has 0 aliphatic heterocycles. The summed E-state index contributed by atoms with van der Waals surface area (Å²) in [4.78, 5) is 71.1. The van der Waals surface area contributed by atoms with Crippen molar-refractivity contribution in [1.82, 2.24) is 4.90 Å². The van der Waals surface area contributed by atoms with Crippen molar-refractivity contribution in [3.63, 3.8) is 0 Å². The number of likely N-dealkylation sites (N-methyl/N-ethyl adjacent to an activating group) is 1. The molecule has 1 atom stereocenters. The van der Waals surface area contributed by atoms with Crippen molar-refractivity contribution >= 4 is 48.8 Å². The molecule has 0 heterocycles. The number of carbonyl (C=O) groups is 4. The number of phosphoric ester groups is 1. The van der Waals surface area contributed by atoms with Crippen LogP contribution in [0.25, 0.3) is 0 Å². The van der Waals surface area contributed by atoms with Crippen molar-refractivity contribution in [2.24, 2.45) is 11.8 Å². The number of aryl methyl sites for hydroxylation is 1. The monoisotopic (exact) mass is 720 g/mol. The third-order valence-electron chi connectivity index (χ3n) is 7.49. The molecule has 14 nitrogen and oxygen atoms in total. The zero-order valence-corrected chi connectivity index (χ0v) is 31.0. The minimum Gasteiger partial charge on any atom is -0.428 e. The van der Waals surface area contributed by atoms with Crippen LogP contribution in [-0.4, -0.2) is 78.6 Å². The number of hydrogen-bond donors (Lipinski definition) is 4. The Bertz CT molecular complexity index is 1450. The summed E-state index contributed by atoms with van der Waals surface area (Å²) in [5.41, 5.74) is 4.05. The van der Waals surface area contributed by atoms with E-state index in [-0.39, 0.29) is 31.8 Å². The maximum Gasteiger partial charge on any atom is 0.469 e. The summed E-state index contributed by atoms with van der Waals surface area (Å²) in [6, 6.07) is 12.9. The fraction of sp³-hybridized carbons (Fsp3) is 0.543. The van der Waals surface area contributed by atoms with Gasteiger partial charge in [-0.05, 0) is 67.3 Å². The molecule has 0 aliphatic carbocycles. The minimum absolute atomic E-state index is 0.000820. The maximum atomic E-state index is 13.2. The molecule has 2 rings (SSSR count). The first-order chi connectivity index (χ1) is 23.5. The quantitative estimate of drug-likeness (QED) is 0.0542. The number of ether oxygens (including phenoxy) is 2. The highest BCUT2D eigenvalue weighted by Gasteiger charge is 2.22. The number of nitrogens with zero attached hydrogens (tertiary/aromatic N) is 2. The van der Waals surface area contributed by atoms with Gasteiger partial charge in [0.25, 0.3) is 0 Å². The number of rotatable bonds is 20. The van der Waals surface area contributed by atoms with E-state index in [0.717, 1.165) is 34.8 Å². The largest absolute Gasteiger partial charge is 0.469 e. The lowest BCUT2D eigenvalue weighted by molar-refractivity contribution is -0.169. The van der Waals surface area contributed by atoms with Gasteiger partial charge in [0, 0.05) is 32.2 Å². The molecule has 1 unspecified atom stereocenters. The SMILES string of the molecule is CCC(CC(=O)OCOC(=O)CN(C)C(=O)CCCOP(=O)(O)O)c1ccc(N(CC(C)C)CC(C)C)c(NC(=O)Nc2ccc(C)cc2)c1. The van der Waals surface area contributed by atoms with E-state index in [1.54, 1.807) is 0 Å². The van der Waals surface area contributed by atoms with Crippen LogP contribution >= 0.6 is 7.82 Å². The molecule has 3 amide bonds. The number of hydrogen-bond acceptors (Lipinski definition) is 9. The van der Waals surface area contributed by atoms with Gasteiger partial charge in [0.1, 0.15) is 6.54 Å². The van der Waals surface area contributed by atoms with Crippen molar-refractivity contribution < 1.29 is 47.5 Å². The van der Waals surface area contributed by atoms with Crippen LogP contribution in [-0.2, 0) is 32.9 Å². The highest BCUT2D eigenvalue weighted by molar-refractivity contribution is 7.46. The second-order valence-electron chi connectivity index (χ2n) is 13.1. The second kappa shape index (κ2) is 20.6. The molecule has 0 aromatic heterocycles. The lowest BCUT2D eigenvalue weighted by atomic mass is 9.92. The molecular formula is C35H53N4O10P. The third-order valence-corrected chi connectivity index (χ3v) is 8.01. The first-order valence-corrected chi connectivity index (χ1v) is 18.3. The first-order valence-electron chi connectivity index (χ1n) is 16.8. The average molecular weight is 721 g/mol. The summed E-state index contributed by atoms with van der Waals surface area (Å²) in [6.45, 7) is 12.7. The van der Waals surface area contributed by atoms with Gasteiger partial charge in [0.2, 0.25) is 12.7 Å². The predicted molar refractivity (Wildman–Crippen MR) is 192 cm³/mol. The number of amides is 3. The Balaban J connectivity index is 2.07. The molecule has 0 spiro atoms. The molecule has 0 saturated heterocycles. The Morgan fingerprint density at radius 1 is 0.900 bits per heavy atom. The molecule has 2 aromatic rings. The van der Waals surface area contributed by atoms with Gasteiger partial charge in [-0.1, -0.05) is 58.4 Å². The van der Waals surface area contributed by atoms with Crippen molar-refractivity contribution in [3.8, 4) is 0 Å². The summed E-state index contributed by atoms with van der Waals surface area (Å²) in [5, 5.41) is 5.92. The van der Waals surface area contributed by atoms with Gasteiger partial charge in [0.05, 0.1) is 24.4 Å². The van der Waals surface area contributed by atoms with Gasteiger partial charge < -0.3 is 39.7 Å². The van der Waals surface area contributed by atoms with E-state index in [1.165, 1.54) is 7.05 Å². The predicted octanol–water partition coefficient (Wildman–Crippen LogP) is 6.03. The van der Waals surface area contributed by atoms with E-state index in [9.17, 15) is 23.7 Å². The van der Waals surface area contributed by atoms with Gasteiger partial charge in [-0.2, -0.15) is 0 Å². The van der Waals surface area contributed by atoms with Crippen LogP contribution in [0.15, 0.2) is 42.5 Å². The fourth-order valence-corrected chi connectivity index (χ4v) is 5.47. The smallest absolute Gasteiger partial charge is 0.428 e. The fourth-order valence-electron chi connectivity index (χ4n) is 5.10. The molecular weight excluding hydrogens is 667 g/mol. The van der Waals surface area contributed by atoms with Gasteiger partial charge >= 0.3 is 25.8 Å². The molecule has 278 valence electrons. The van der Waals surface area contributed by atoms with Crippen LogP contribution in [0.5, 0.6) is 0 Å². The highest BCUT2D eigenvalue weighted by Crippen LogP contribution is 2.36. The third kappa shape index (κ3) is 16.2. The lowest BCUT2D eigenvalue weighted by Gasteiger charge is -2.31. The topological polar surface area (TPSA) is 184 Å². The standard InChI is InChI=1S/C35H53N4O10P/c1-8-27(19-33(41)47-23-48-34(42)22-38(7)32(40)10-9-17-49-50(44,45)46)28-13-16-31(39(20-24(2)3)21-25(4)5)30(18-28)37-35(43)36-29-14-11-26(6)12-15-29/h11-16,18,24-25,27H,8-10,17,19-23H2,1-7H3,(H2,36,37,43)(H2,44,45,46). The van der Waals surface area contributed by atoms with Gasteiger partial charge in [-0.3, -0.25) is 18.9 Å². The van der Waals surface area contributed by atoms with Gasteiger partial charge in [-0.25, -0.2) is 9.36 Å². The van der Waals surface area contributed by atoms with Crippen LogP contribution in [0.3, 0.4) is 0 Å². The van der Waals surface area contributed by atoms with Crippen LogP contribution in [0.1, 0.15) is 77.3 Å². The zero-order chi connectivity index (χ0) is 37.4. The number of phosphoric acid groups is 1. The van der Waals surface area contributed by atoms with E-state index < -0.39 is 45.0 Å². The van der Waals surface area contributed by atoms with Crippen LogP contribution < -0.4 is 15.5 Å². The van der Waals surface area contributed by atoms with E-state index >= 15 is 0 Å². The summed E-state index contributed by atoms with van der Waals surface area (Å²) >= 11 is 0. The van der Waals surface area contributed by atoms with E-state index in [2.05, 4.69) is 47.8 Å². The van der Waals surface area contributed by atoms with Gasteiger partial charge in [0.15, 0.2) is 0 Å². The molecule has 2 aromatic carbocycles. The van der Waals surface area contributed by atoms with Crippen molar-refractivity contribution in [3.05, 3.63) is 53.6 Å². The Morgan fingerprint density at radius 3 is 2.10 bits per heavy atom. The zero-order valence-electron chi connectivity index (χ0n) is 30.1. The molecule has 0 radical (unpaired) electrons. The number of anilines is 3. The summed E-state index contributed by atoms with van der Waals surface area (Å²) in [7, 11) is -3.24. The normalized spacial score (nSPS) is 12.0. The summed E-state index contributed by atoms with van der Waals surface area (Å²) < 4.78 is 25.2. The van der Waals surface area contributed by atoms with E-state index in [0.29, 0.717) is 29.6 Å². The summed E-state index contributed by atoms with van der Waals surface area (Å²) in [5.74, 6) is -1.35. The Morgan fingerprint density at radius 2 is 1.52 bits per heavy atom. The number of esters is 2. The Kier molecular flexibility index (Phi) is 17.4. The lowest BCUT2D eigenvalue weighted by Crippen LogP contribution is -2.33. The molecule has 4 N–H and O–H groups in total. The molecule has 0 bridgehead atoms. The molecule has 0 fully saturated rings. The second-order valence-corrected chi connectivity index (χ2v) is 14.3. The van der Waals surface area contributed by atoms with Crippen molar-refractivity contribution in [1.29, 1.82) is 0 Å². The number of urea groups is 1. The Hall–Kier alpha value is -3.97. The first kappa shape index (κ1) is 42.2. The highest BCUT2D eigenvalue weighted by atomic mass is 31.2. The molecule has 0 saturated carbocycles. The van der Waals surface area contributed by atoms with Crippen LogP contribution in [0.2, 0.25) is 0 Å². The number of carbonyl (C=O) groups excluding carboxylic acids is 4.